The molecule has 1 aromatic heterocycles. The Morgan fingerprint density at radius 3 is 2.21 bits per heavy atom. The van der Waals surface area contributed by atoms with Crippen LogP contribution in [-0.2, 0) is 19.5 Å². The zero-order chi connectivity index (χ0) is 27.6. The second kappa shape index (κ2) is 10.9. The minimum absolute atomic E-state index is 0.114. The first-order valence-corrected chi connectivity index (χ1v) is 13.3. The standard InChI is InChI=1S/C28H26FNO7S/c1-30(38(4,33)34)23-14-26-22(13-21(23)18-6-5-7-19(12-18)24(31)15-35-2)27(25(32)16-36-3)28(37-26)17-8-10-20(29)11-9-17/h5-14H,15-16H2,1-4H3. The summed E-state index contributed by atoms with van der Waals surface area (Å²) in [7, 11) is 0.520. The third-order valence-electron chi connectivity index (χ3n) is 6.07. The summed E-state index contributed by atoms with van der Waals surface area (Å²) in [5.74, 6) is -0.857. The Hall–Kier alpha value is -3.86. The van der Waals surface area contributed by atoms with Gasteiger partial charge in [-0.2, -0.15) is 0 Å². The van der Waals surface area contributed by atoms with Gasteiger partial charge in [-0.3, -0.25) is 13.9 Å². The van der Waals surface area contributed by atoms with Crippen molar-refractivity contribution in [3.05, 3.63) is 77.6 Å². The number of ketones is 2. The SMILES string of the molecule is COCC(=O)c1cccc(-c2cc3c(C(=O)COC)c(-c4ccc(F)cc4)oc3cc2N(C)S(C)(=O)=O)c1. The van der Waals surface area contributed by atoms with Gasteiger partial charge in [-0.1, -0.05) is 18.2 Å². The molecule has 10 heteroatoms. The van der Waals surface area contributed by atoms with E-state index in [-0.39, 0.29) is 47.4 Å². The maximum Gasteiger partial charge on any atom is 0.232 e. The Morgan fingerprint density at radius 2 is 1.58 bits per heavy atom. The van der Waals surface area contributed by atoms with Crippen molar-refractivity contribution in [1.29, 1.82) is 0 Å². The third kappa shape index (κ3) is 5.38. The van der Waals surface area contributed by atoms with E-state index < -0.39 is 15.8 Å². The second-order valence-electron chi connectivity index (χ2n) is 8.70. The van der Waals surface area contributed by atoms with Crippen molar-refractivity contribution >= 4 is 38.2 Å². The lowest BCUT2D eigenvalue weighted by Gasteiger charge is -2.21. The number of sulfonamides is 1. The summed E-state index contributed by atoms with van der Waals surface area (Å²) in [5, 5.41) is 0.417. The number of carbonyl (C=O) groups excluding carboxylic acids is 2. The van der Waals surface area contributed by atoms with E-state index >= 15 is 0 Å². The molecule has 4 aromatic rings. The van der Waals surface area contributed by atoms with Crippen LogP contribution >= 0.6 is 0 Å². The van der Waals surface area contributed by atoms with E-state index in [1.807, 2.05) is 0 Å². The summed E-state index contributed by atoms with van der Waals surface area (Å²) in [4.78, 5) is 25.7. The Balaban J connectivity index is 2.05. The predicted octanol–water partition coefficient (Wildman–Crippen LogP) is 4.96. The number of ether oxygens (including phenoxy) is 2. The second-order valence-corrected chi connectivity index (χ2v) is 10.7. The largest absolute Gasteiger partial charge is 0.455 e. The number of fused-ring (bicyclic) bond motifs is 1. The molecule has 0 N–H and O–H groups in total. The number of carbonyl (C=O) groups is 2. The average molecular weight is 540 g/mol. The lowest BCUT2D eigenvalue weighted by atomic mass is 9.96. The van der Waals surface area contributed by atoms with Crippen LogP contribution in [0.25, 0.3) is 33.4 Å². The normalized spacial score (nSPS) is 11.6. The molecule has 3 aromatic carbocycles. The summed E-state index contributed by atoms with van der Waals surface area (Å²) in [5.41, 5.74) is 2.60. The molecule has 0 radical (unpaired) electrons. The van der Waals surface area contributed by atoms with Crippen molar-refractivity contribution in [3.8, 4) is 22.5 Å². The van der Waals surface area contributed by atoms with Crippen molar-refractivity contribution in [2.24, 2.45) is 0 Å². The van der Waals surface area contributed by atoms with Crippen LogP contribution in [0.15, 0.2) is 65.1 Å². The Kier molecular flexibility index (Phi) is 7.77. The van der Waals surface area contributed by atoms with Crippen molar-refractivity contribution < 1.29 is 36.3 Å². The first-order valence-electron chi connectivity index (χ1n) is 11.5. The Bertz CT molecular complexity index is 1630. The molecule has 0 fully saturated rings. The summed E-state index contributed by atoms with van der Waals surface area (Å²) in [6, 6.07) is 15.4. The molecule has 0 saturated heterocycles. The Labute approximate surface area is 219 Å². The number of anilines is 1. The van der Waals surface area contributed by atoms with E-state index in [0.29, 0.717) is 27.6 Å². The molecule has 0 bridgehead atoms. The smallest absolute Gasteiger partial charge is 0.232 e. The number of hydrogen-bond donors (Lipinski definition) is 0. The molecule has 0 spiro atoms. The zero-order valence-corrected chi connectivity index (χ0v) is 22.1. The highest BCUT2D eigenvalue weighted by atomic mass is 32.2. The van der Waals surface area contributed by atoms with Gasteiger partial charge in [-0.05, 0) is 42.0 Å². The lowest BCUT2D eigenvalue weighted by molar-refractivity contribution is 0.0842. The van der Waals surface area contributed by atoms with Gasteiger partial charge in [-0.25, -0.2) is 12.8 Å². The van der Waals surface area contributed by atoms with E-state index in [2.05, 4.69) is 0 Å². The number of hydrogen-bond acceptors (Lipinski definition) is 7. The summed E-state index contributed by atoms with van der Waals surface area (Å²) in [6.07, 6.45) is 1.07. The molecule has 4 rings (SSSR count). The van der Waals surface area contributed by atoms with Crippen LogP contribution < -0.4 is 4.31 Å². The molecule has 8 nitrogen and oxygen atoms in total. The van der Waals surface area contributed by atoms with Crippen LogP contribution in [0, 0.1) is 5.82 Å². The molecule has 0 aliphatic heterocycles. The van der Waals surface area contributed by atoms with E-state index in [1.54, 1.807) is 30.3 Å². The molecule has 0 unspecified atom stereocenters. The minimum atomic E-state index is -3.70. The number of nitrogens with zero attached hydrogens (tertiary/aromatic N) is 1. The molecular formula is C28H26FNO7S. The van der Waals surface area contributed by atoms with Gasteiger partial charge in [0.2, 0.25) is 10.0 Å². The molecule has 198 valence electrons. The maximum absolute atomic E-state index is 13.6. The van der Waals surface area contributed by atoms with Gasteiger partial charge in [0.25, 0.3) is 0 Å². The number of methoxy groups -OCH3 is 2. The van der Waals surface area contributed by atoms with Crippen LogP contribution in [0.2, 0.25) is 0 Å². The molecular weight excluding hydrogens is 513 g/mol. The first kappa shape index (κ1) is 27.2. The van der Waals surface area contributed by atoms with Gasteiger partial charge in [0.15, 0.2) is 11.6 Å². The van der Waals surface area contributed by atoms with Crippen LogP contribution in [0.5, 0.6) is 0 Å². The van der Waals surface area contributed by atoms with Crippen molar-refractivity contribution in [2.45, 2.75) is 0 Å². The third-order valence-corrected chi connectivity index (χ3v) is 7.27. The molecule has 38 heavy (non-hydrogen) atoms. The fourth-order valence-corrected chi connectivity index (χ4v) is 4.67. The van der Waals surface area contributed by atoms with Gasteiger partial charge in [-0.15, -0.1) is 0 Å². The highest BCUT2D eigenvalue weighted by molar-refractivity contribution is 7.92. The average Bonchev–Trinajstić information content (AvgIpc) is 3.26. The quantitative estimate of drug-likeness (QED) is 0.263. The van der Waals surface area contributed by atoms with Gasteiger partial charge in [0.1, 0.15) is 30.4 Å². The molecule has 0 atom stereocenters. The van der Waals surface area contributed by atoms with E-state index in [4.69, 9.17) is 13.9 Å². The number of furan rings is 1. The van der Waals surface area contributed by atoms with Crippen molar-refractivity contribution in [3.63, 3.8) is 0 Å². The van der Waals surface area contributed by atoms with Crippen LogP contribution in [-0.4, -0.2) is 60.7 Å². The molecule has 0 aliphatic carbocycles. The highest BCUT2D eigenvalue weighted by Crippen LogP contribution is 2.41. The number of rotatable bonds is 10. The highest BCUT2D eigenvalue weighted by Gasteiger charge is 2.26. The first-order chi connectivity index (χ1) is 18.0. The number of halogens is 1. The summed E-state index contributed by atoms with van der Waals surface area (Å²) in [6.45, 7) is -0.346. The maximum atomic E-state index is 13.6. The van der Waals surface area contributed by atoms with Gasteiger partial charge < -0.3 is 13.9 Å². The topological polar surface area (TPSA) is 103 Å². The van der Waals surface area contributed by atoms with Gasteiger partial charge >= 0.3 is 0 Å². The fraction of sp³-hybridized carbons (Fsp3) is 0.214. The van der Waals surface area contributed by atoms with Crippen LogP contribution in [0.4, 0.5) is 10.1 Å². The van der Waals surface area contributed by atoms with Gasteiger partial charge in [0, 0.05) is 49.4 Å². The summed E-state index contributed by atoms with van der Waals surface area (Å²) < 4.78 is 55.9. The Morgan fingerprint density at radius 1 is 0.921 bits per heavy atom. The van der Waals surface area contributed by atoms with Crippen LogP contribution in [0.3, 0.4) is 0 Å². The van der Waals surface area contributed by atoms with E-state index in [1.165, 1.54) is 51.6 Å². The molecule has 0 aliphatic rings. The number of Topliss-reactive ketones (excluding diaryl/α,β-unsaturated/α-hetero) is 2. The van der Waals surface area contributed by atoms with Gasteiger partial charge in [0.05, 0.1) is 17.5 Å². The van der Waals surface area contributed by atoms with E-state index in [0.717, 1.165) is 10.6 Å². The number of benzene rings is 3. The van der Waals surface area contributed by atoms with Crippen LogP contribution in [0.1, 0.15) is 20.7 Å². The predicted molar refractivity (Wildman–Crippen MR) is 143 cm³/mol. The lowest BCUT2D eigenvalue weighted by Crippen LogP contribution is -2.25. The molecule has 0 amide bonds. The van der Waals surface area contributed by atoms with Crippen molar-refractivity contribution in [2.75, 3.05) is 45.0 Å². The minimum Gasteiger partial charge on any atom is -0.455 e. The monoisotopic (exact) mass is 539 g/mol. The van der Waals surface area contributed by atoms with E-state index in [9.17, 15) is 22.4 Å². The zero-order valence-electron chi connectivity index (χ0n) is 21.3. The van der Waals surface area contributed by atoms with Crippen molar-refractivity contribution in [1.82, 2.24) is 0 Å². The molecule has 1 heterocycles. The fourth-order valence-electron chi connectivity index (χ4n) is 4.16. The summed E-state index contributed by atoms with van der Waals surface area (Å²) >= 11 is 0. The molecule has 0 saturated carbocycles.